The zero-order chi connectivity index (χ0) is 25.7. The average Bonchev–Trinajstić information content (AvgIpc) is 3.35. The summed E-state index contributed by atoms with van der Waals surface area (Å²) in [7, 11) is 0. The SMILES string of the molecule is CCCC(=O)N1CCN(c2ccc(NC(=S)NC(=O)c3ccc(-c4cccc(Cl)c4)o3)cc2Cl)CC1. The molecule has 0 aliphatic carbocycles. The van der Waals surface area contributed by atoms with E-state index >= 15 is 0 Å². The molecule has 10 heteroatoms. The van der Waals surface area contributed by atoms with Crippen LogP contribution in [0, 0.1) is 0 Å². The van der Waals surface area contributed by atoms with E-state index in [2.05, 4.69) is 15.5 Å². The molecule has 2 heterocycles. The van der Waals surface area contributed by atoms with Gasteiger partial charge in [-0.25, -0.2) is 0 Å². The smallest absolute Gasteiger partial charge is 0.293 e. The average molecular weight is 545 g/mol. The predicted octanol–water partition coefficient (Wildman–Crippen LogP) is 5.83. The fourth-order valence-electron chi connectivity index (χ4n) is 3.99. The van der Waals surface area contributed by atoms with Gasteiger partial charge in [-0.2, -0.15) is 0 Å². The highest BCUT2D eigenvalue weighted by Gasteiger charge is 2.22. The van der Waals surface area contributed by atoms with E-state index in [0.29, 0.717) is 41.0 Å². The number of thiocarbonyl (C=S) groups is 1. The first kappa shape index (κ1) is 26.0. The largest absolute Gasteiger partial charge is 0.451 e. The molecule has 1 fully saturated rings. The molecule has 0 radical (unpaired) electrons. The standard InChI is InChI=1S/C26H26Cl2N4O3S/c1-2-4-24(33)32-13-11-31(12-14-32)21-8-7-19(16-20(21)28)29-26(36)30-25(34)23-10-9-22(35-23)17-5-3-6-18(27)15-17/h3,5-10,15-16H,2,4,11-14H2,1H3,(H2,29,30,34,36). The van der Waals surface area contributed by atoms with Crippen LogP contribution in [0.2, 0.25) is 10.0 Å². The highest BCUT2D eigenvalue weighted by atomic mass is 35.5. The number of piperazine rings is 1. The van der Waals surface area contributed by atoms with E-state index in [9.17, 15) is 9.59 Å². The van der Waals surface area contributed by atoms with Gasteiger partial charge in [-0.1, -0.05) is 42.3 Å². The molecule has 1 aromatic heterocycles. The number of benzene rings is 2. The van der Waals surface area contributed by atoms with Crippen molar-refractivity contribution in [3.05, 3.63) is 70.4 Å². The normalized spacial score (nSPS) is 13.4. The van der Waals surface area contributed by atoms with Gasteiger partial charge in [0, 0.05) is 48.9 Å². The molecular formula is C26H26Cl2N4O3S. The highest BCUT2D eigenvalue weighted by molar-refractivity contribution is 7.80. The Kier molecular flexibility index (Phi) is 8.51. The van der Waals surface area contributed by atoms with Gasteiger partial charge < -0.3 is 19.5 Å². The lowest BCUT2D eigenvalue weighted by Gasteiger charge is -2.36. The summed E-state index contributed by atoms with van der Waals surface area (Å²) < 4.78 is 5.67. The van der Waals surface area contributed by atoms with Gasteiger partial charge in [0.1, 0.15) is 5.76 Å². The molecule has 0 bridgehead atoms. The quantitative estimate of drug-likeness (QED) is 0.380. The van der Waals surface area contributed by atoms with Gasteiger partial charge in [-0.15, -0.1) is 0 Å². The molecule has 188 valence electrons. The molecule has 2 N–H and O–H groups in total. The fraction of sp³-hybridized carbons (Fsp3) is 0.269. The van der Waals surface area contributed by atoms with E-state index in [1.54, 1.807) is 30.3 Å². The first-order valence-corrected chi connectivity index (χ1v) is 12.8. The number of hydrogen-bond acceptors (Lipinski definition) is 5. The summed E-state index contributed by atoms with van der Waals surface area (Å²) in [6, 6.07) is 16.0. The second kappa shape index (κ2) is 11.8. The summed E-state index contributed by atoms with van der Waals surface area (Å²) in [5.41, 5.74) is 2.31. The summed E-state index contributed by atoms with van der Waals surface area (Å²) in [4.78, 5) is 28.8. The molecule has 4 rings (SSSR count). The summed E-state index contributed by atoms with van der Waals surface area (Å²) in [5, 5.41) is 6.85. The number of halogens is 2. The minimum absolute atomic E-state index is 0.118. The molecule has 36 heavy (non-hydrogen) atoms. The van der Waals surface area contributed by atoms with Crippen molar-refractivity contribution in [2.75, 3.05) is 36.4 Å². The first-order valence-electron chi connectivity index (χ1n) is 11.6. The number of carbonyl (C=O) groups is 2. The van der Waals surface area contributed by atoms with Crippen LogP contribution in [0.3, 0.4) is 0 Å². The van der Waals surface area contributed by atoms with Crippen molar-refractivity contribution in [1.29, 1.82) is 0 Å². The zero-order valence-corrected chi connectivity index (χ0v) is 22.1. The van der Waals surface area contributed by atoms with Crippen LogP contribution in [-0.4, -0.2) is 48.0 Å². The maximum absolute atomic E-state index is 12.6. The van der Waals surface area contributed by atoms with Gasteiger partial charge in [0.2, 0.25) is 5.91 Å². The topological polar surface area (TPSA) is 77.8 Å². The van der Waals surface area contributed by atoms with Gasteiger partial charge in [0.05, 0.1) is 10.7 Å². The van der Waals surface area contributed by atoms with Crippen LogP contribution in [0.25, 0.3) is 11.3 Å². The van der Waals surface area contributed by atoms with E-state index in [4.69, 9.17) is 39.8 Å². The lowest BCUT2D eigenvalue weighted by molar-refractivity contribution is -0.131. The molecule has 2 amide bonds. The van der Waals surface area contributed by atoms with E-state index in [1.807, 2.05) is 36.1 Å². The summed E-state index contributed by atoms with van der Waals surface area (Å²) in [6.45, 7) is 4.80. The van der Waals surface area contributed by atoms with Crippen LogP contribution in [0.5, 0.6) is 0 Å². The van der Waals surface area contributed by atoms with E-state index in [-0.39, 0.29) is 16.8 Å². The maximum atomic E-state index is 12.6. The van der Waals surface area contributed by atoms with Crippen LogP contribution < -0.4 is 15.5 Å². The van der Waals surface area contributed by atoms with Crippen molar-refractivity contribution in [3.63, 3.8) is 0 Å². The Balaban J connectivity index is 1.32. The van der Waals surface area contributed by atoms with Crippen molar-refractivity contribution in [1.82, 2.24) is 10.2 Å². The van der Waals surface area contributed by atoms with Crippen molar-refractivity contribution < 1.29 is 14.0 Å². The molecule has 1 saturated heterocycles. The Bertz CT molecular complexity index is 1270. The lowest BCUT2D eigenvalue weighted by Crippen LogP contribution is -2.48. The molecule has 0 unspecified atom stereocenters. The summed E-state index contributed by atoms with van der Waals surface area (Å²) >= 11 is 17.9. The number of anilines is 2. The number of nitrogens with one attached hydrogen (secondary N) is 2. The predicted molar refractivity (Wildman–Crippen MR) is 148 cm³/mol. The number of nitrogens with zero attached hydrogens (tertiary/aromatic N) is 2. The van der Waals surface area contributed by atoms with Crippen LogP contribution in [-0.2, 0) is 4.79 Å². The number of rotatable bonds is 6. The van der Waals surface area contributed by atoms with Crippen molar-refractivity contribution >= 4 is 63.7 Å². The zero-order valence-electron chi connectivity index (χ0n) is 19.7. The van der Waals surface area contributed by atoms with E-state index < -0.39 is 5.91 Å². The van der Waals surface area contributed by atoms with Gasteiger partial charge >= 0.3 is 0 Å². The molecular weight excluding hydrogens is 519 g/mol. The van der Waals surface area contributed by atoms with Gasteiger partial charge in [-0.05, 0) is 61.1 Å². The Morgan fingerprint density at radius 3 is 2.50 bits per heavy atom. The third-order valence-corrected chi connectivity index (χ3v) is 6.55. The highest BCUT2D eigenvalue weighted by Crippen LogP contribution is 2.30. The summed E-state index contributed by atoms with van der Waals surface area (Å²) in [6.07, 6.45) is 1.44. The fourth-order valence-corrected chi connectivity index (χ4v) is 4.69. The number of amides is 2. The lowest BCUT2D eigenvalue weighted by atomic mass is 10.2. The van der Waals surface area contributed by atoms with Crippen LogP contribution in [0.4, 0.5) is 11.4 Å². The molecule has 0 saturated carbocycles. The van der Waals surface area contributed by atoms with Crippen molar-refractivity contribution in [3.8, 4) is 11.3 Å². The molecule has 1 aliphatic rings. The van der Waals surface area contributed by atoms with Gasteiger partial charge in [0.15, 0.2) is 10.9 Å². The first-order chi connectivity index (χ1) is 17.3. The van der Waals surface area contributed by atoms with E-state index in [0.717, 1.165) is 30.8 Å². The second-order valence-corrected chi connectivity index (χ2v) is 9.62. The van der Waals surface area contributed by atoms with Crippen molar-refractivity contribution in [2.24, 2.45) is 0 Å². The van der Waals surface area contributed by atoms with Gasteiger partial charge in [-0.3, -0.25) is 14.9 Å². The van der Waals surface area contributed by atoms with Crippen LogP contribution >= 0.6 is 35.4 Å². The van der Waals surface area contributed by atoms with Crippen molar-refractivity contribution in [2.45, 2.75) is 19.8 Å². The number of hydrogen-bond donors (Lipinski definition) is 2. The molecule has 3 aromatic rings. The molecule has 0 atom stereocenters. The Hall–Kier alpha value is -3.07. The number of furan rings is 1. The second-order valence-electron chi connectivity index (χ2n) is 8.37. The monoisotopic (exact) mass is 544 g/mol. The Labute approximate surface area is 225 Å². The third kappa shape index (κ3) is 6.37. The molecule has 2 aromatic carbocycles. The molecule has 0 spiro atoms. The minimum atomic E-state index is -0.473. The van der Waals surface area contributed by atoms with E-state index in [1.165, 1.54) is 0 Å². The molecule has 7 nitrogen and oxygen atoms in total. The maximum Gasteiger partial charge on any atom is 0.293 e. The van der Waals surface area contributed by atoms with Gasteiger partial charge in [0.25, 0.3) is 5.91 Å². The van der Waals surface area contributed by atoms with Crippen LogP contribution in [0.15, 0.2) is 59.0 Å². The number of carbonyl (C=O) groups excluding carboxylic acids is 2. The Morgan fingerprint density at radius 1 is 1.03 bits per heavy atom. The minimum Gasteiger partial charge on any atom is -0.451 e. The third-order valence-electron chi connectivity index (χ3n) is 5.81. The van der Waals surface area contributed by atoms with Crippen LogP contribution in [0.1, 0.15) is 30.3 Å². The Morgan fingerprint density at radius 2 is 1.81 bits per heavy atom. The summed E-state index contributed by atoms with van der Waals surface area (Å²) in [5.74, 6) is 0.381. The molecule has 1 aliphatic heterocycles.